The lowest BCUT2D eigenvalue weighted by atomic mass is 10.0. The van der Waals surface area contributed by atoms with Gasteiger partial charge in [-0.3, -0.25) is 0 Å². The lowest BCUT2D eigenvalue weighted by Crippen LogP contribution is -2.23. The quantitative estimate of drug-likeness (QED) is 0.622. The van der Waals surface area contributed by atoms with E-state index in [1.165, 1.54) is 12.1 Å². The van der Waals surface area contributed by atoms with Gasteiger partial charge in [0.15, 0.2) is 11.6 Å². The summed E-state index contributed by atoms with van der Waals surface area (Å²) in [7, 11) is 0. The molecule has 0 radical (unpaired) electrons. The van der Waals surface area contributed by atoms with Crippen LogP contribution in [0.2, 0.25) is 0 Å². The molecule has 0 unspecified atom stereocenters. The van der Waals surface area contributed by atoms with Crippen LogP contribution in [0.25, 0.3) is 0 Å². The highest BCUT2D eigenvalue weighted by molar-refractivity contribution is 5.30. The van der Waals surface area contributed by atoms with E-state index in [4.69, 9.17) is 0 Å². The van der Waals surface area contributed by atoms with Crippen LogP contribution in [0, 0.1) is 11.6 Å². The molecule has 1 aromatic carbocycles. The van der Waals surface area contributed by atoms with Crippen LogP contribution in [0.1, 0.15) is 11.1 Å². The standard InChI is InChI=1S/C9H9F2N/c10-8-3-6-1-2-12-5-7(6)4-9(8)11/h3-4,12H,1-2,5H2. The van der Waals surface area contributed by atoms with E-state index in [2.05, 4.69) is 5.32 Å². The first-order valence-corrected chi connectivity index (χ1v) is 3.95. The van der Waals surface area contributed by atoms with Crippen molar-refractivity contribution in [2.24, 2.45) is 0 Å². The van der Waals surface area contributed by atoms with Gasteiger partial charge in [0, 0.05) is 6.54 Å². The predicted octanol–water partition coefficient (Wildman–Crippen LogP) is 1.61. The minimum Gasteiger partial charge on any atom is -0.312 e. The third-order valence-electron chi connectivity index (χ3n) is 2.13. The molecule has 0 bridgehead atoms. The van der Waals surface area contributed by atoms with Crippen LogP contribution in [0.4, 0.5) is 8.78 Å². The summed E-state index contributed by atoms with van der Waals surface area (Å²) in [5, 5.41) is 3.10. The molecule has 3 heteroatoms. The fourth-order valence-electron chi connectivity index (χ4n) is 1.47. The fourth-order valence-corrected chi connectivity index (χ4v) is 1.47. The number of benzene rings is 1. The van der Waals surface area contributed by atoms with Gasteiger partial charge in [-0.15, -0.1) is 0 Å². The Labute approximate surface area is 69.4 Å². The highest BCUT2D eigenvalue weighted by Crippen LogP contribution is 2.17. The van der Waals surface area contributed by atoms with E-state index in [-0.39, 0.29) is 0 Å². The van der Waals surface area contributed by atoms with Gasteiger partial charge in [0.2, 0.25) is 0 Å². The van der Waals surface area contributed by atoms with Gasteiger partial charge in [-0.25, -0.2) is 8.78 Å². The molecule has 1 nitrogen and oxygen atoms in total. The van der Waals surface area contributed by atoms with Crippen molar-refractivity contribution < 1.29 is 8.78 Å². The van der Waals surface area contributed by atoms with E-state index in [0.29, 0.717) is 6.54 Å². The van der Waals surface area contributed by atoms with Gasteiger partial charge in [-0.2, -0.15) is 0 Å². The van der Waals surface area contributed by atoms with Crippen molar-refractivity contribution in [3.8, 4) is 0 Å². The minimum absolute atomic E-state index is 0.645. The summed E-state index contributed by atoms with van der Waals surface area (Å²) in [5.41, 5.74) is 1.80. The normalized spacial score (nSPS) is 15.8. The monoisotopic (exact) mass is 169 g/mol. The van der Waals surface area contributed by atoms with Gasteiger partial charge >= 0.3 is 0 Å². The van der Waals surface area contributed by atoms with E-state index >= 15 is 0 Å². The number of halogens is 2. The van der Waals surface area contributed by atoms with Crippen molar-refractivity contribution in [1.29, 1.82) is 0 Å². The second-order valence-corrected chi connectivity index (χ2v) is 2.96. The summed E-state index contributed by atoms with van der Waals surface area (Å²) in [4.78, 5) is 0. The third-order valence-corrected chi connectivity index (χ3v) is 2.13. The van der Waals surface area contributed by atoms with Gasteiger partial charge in [-0.1, -0.05) is 0 Å². The van der Waals surface area contributed by atoms with Crippen LogP contribution in [-0.4, -0.2) is 6.54 Å². The topological polar surface area (TPSA) is 12.0 Å². The number of rotatable bonds is 0. The number of hydrogen-bond acceptors (Lipinski definition) is 1. The number of nitrogens with one attached hydrogen (secondary N) is 1. The molecular formula is C9H9F2N. The SMILES string of the molecule is Fc1cc2c(cc1F)CNCC2. The van der Waals surface area contributed by atoms with Crippen LogP contribution in [0.3, 0.4) is 0 Å². The Morgan fingerprint density at radius 2 is 1.75 bits per heavy atom. The van der Waals surface area contributed by atoms with Crippen LogP contribution in [0.5, 0.6) is 0 Å². The lowest BCUT2D eigenvalue weighted by Gasteiger charge is -2.16. The minimum atomic E-state index is -0.752. The molecule has 1 heterocycles. The van der Waals surface area contributed by atoms with Crippen molar-refractivity contribution in [1.82, 2.24) is 5.32 Å². The molecular weight excluding hydrogens is 160 g/mol. The van der Waals surface area contributed by atoms with E-state index < -0.39 is 11.6 Å². The maximum absolute atomic E-state index is 12.7. The smallest absolute Gasteiger partial charge is 0.159 e. The van der Waals surface area contributed by atoms with E-state index in [1.54, 1.807) is 0 Å². The predicted molar refractivity (Wildman–Crippen MR) is 41.8 cm³/mol. The maximum atomic E-state index is 12.7. The molecule has 1 N–H and O–H groups in total. The first-order chi connectivity index (χ1) is 5.77. The van der Waals surface area contributed by atoms with Crippen molar-refractivity contribution in [3.05, 3.63) is 34.9 Å². The molecule has 2 rings (SSSR count). The Hall–Kier alpha value is -0.960. The molecule has 0 saturated heterocycles. The van der Waals surface area contributed by atoms with Gasteiger partial charge in [-0.05, 0) is 36.2 Å². The van der Waals surface area contributed by atoms with Gasteiger partial charge < -0.3 is 5.32 Å². The van der Waals surface area contributed by atoms with Crippen LogP contribution in [-0.2, 0) is 13.0 Å². The summed E-state index contributed by atoms with van der Waals surface area (Å²) in [5.74, 6) is -1.49. The van der Waals surface area contributed by atoms with Crippen LogP contribution >= 0.6 is 0 Å². The molecule has 0 spiro atoms. The van der Waals surface area contributed by atoms with Crippen molar-refractivity contribution in [2.75, 3.05) is 6.54 Å². The van der Waals surface area contributed by atoms with E-state index in [1.807, 2.05) is 0 Å². The molecule has 1 aliphatic heterocycles. The Kier molecular flexibility index (Phi) is 1.81. The molecule has 0 amide bonds. The second kappa shape index (κ2) is 2.83. The van der Waals surface area contributed by atoms with Gasteiger partial charge in [0.05, 0.1) is 0 Å². The highest BCUT2D eigenvalue weighted by Gasteiger charge is 2.12. The van der Waals surface area contributed by atoms with Crippen LogP contribution in [0.15, 0.2) is 12.1 Å². The van der Waals surface area contributed by atoms with E-state index in [9.17, 15) is 8.78 Å². The Morgan fingerprint density at radius 1 is 1.08 bits per heavy atom. The van der Waals surface area contributed by atoms with Crippen molar-refractivity contribution >= 4 is 0 Å². The summed E-state index contributed by atoms with van der Waals surface area (Å²) in [6, 6.07) is 2.57. The van der Waals surface area contributed by atoms with Crippen LogP contribution < -0.4 is 5.32 Å². The molecule has 1 aromatic rings. The summed E-state index contributed by atoms with van der Waals surface area (Å²) < 4.78 is 25.4. The maximum Gasteiger partial charge on any atom is 0.159 e. The zero-order valence-electron chi connectivity index (χ0n) is 6.53. The number of fused-ring (bicyclic) bond motifs is 1. The Bertz CT molecular complexity index is 279. The van der Waals surface area contributed by atoms with E-state index in [0.717, 1.165) is 24.1 Å². The zero-order valence-corrected chi connectivity index (χ0v) is 6.53. The lowest BCUT2D eigenvalue weighted by molar-refractivity contribution is 0.500. The molecule has 0 atom stereocenters. The van der Waals surface area contributed by atoms with Gasteiger partial charge in [0.1, 0.15) is 0 Å². The zero-order chi connectivity index (χ0) is 8.55. The summed E-state index contributed by atoms with van der Waals surface area (Å²) in [6.07, 6.45) is 0.784. The molecule has 0 aliphatic carbocycles. The van der Waals surface area contributed by atoms with Gasteiger partial charge in [0.25, 0.3) is 0 Å². The molecule has 1 aliphatic rings. The average molecular weight is 169 g/mol. The van der Waals surface area contributed by atoms with Crippen molar-refractivity contribution in [3.63, 3.8) is 0 Å². The molecule has 0 saturated carbocycles. The second-order valence-electron chi connectivity index (χ2n) is 2.96. The number of hydrogen-bond donors (Lipinski definition) is 1. The Balaban J connectivity index is 2.49. The highest BCUT2D eigenvalue weighted by atomic mass is 19.2. The van der Waals surface area contributed by atoms with Crippen molar-refractivity contribution in [2.45, 2.75) is 13.0 Å². The summed E-state index contributed by atoms with van der Waals surface area (Å²) >= 11 is 0. The third kappa shape index (κ3) is 1.20. The first kappa shape index (κ1) is 7.68. The molecule has 12 heavy (non-hydrogen) atoms. The molecule has 64 valence electrons. The molecule has 0 fully saturated rings. The fraction of sp³-hybridized carbons (Fsp3) is 0.333. The molecule has 0 aromatic heterocycles. The Morgan fingerprint density at radius 3 is 2.50 bits per heavy atom. The largest absolute Gasteiger partial charge is 0.312 e. The summed E-state index contributed by atoms with van der Waals surface area (Å²) in [6.45, 7) is 1.49. The average Bonchev–Trinajstić information content (AvgIpc) is 2.07. The first-order valence-electron chi connectivity index (χ1n) is 3.95.